The van der Waals surface area contributed by atoms with E-state index in [9.17, 15) is 9.59 Å². The van der Waals surface area contributed by atoms with Crippen molar-refractivity contribution in [1.82, 2.24) is 4.98 Å². The van der Waals surface area contributed by atoms with Crippen LogP contribution in [0.4, 0.5) is 0 Å². The van der Waals surface area contributed by atoms with E-state index in [0.717, 1.165) is 33.2 Å². The van der Waals surface area contributed by atoms with Crippen LogP contribution < -0.4 is 4.74 Å². The van der Waals surface area contributed by atoms with Crippen LogP contribution in [0.1, 0.15) is 22.8 Å². The van der Waals surface area contributed by atoms with Crippen LogP contribution in [0.15, 0.2) is 35.1 Å². The van der Waals surface area contributed by atoms with Crippen molar-refractivity contribution in [2.24, 2.45) is 0 Å². The molecule has 0 radical (unpaired) electrons. The molecule has 0 fully saturated rings. The van der Waals surface area contributed by atoms with Crippen LogP contribution >= 0.6 is 11.3 Å². The summed E-state index contributed by atoms with van der Waals surface area (Å²) in [7, 11) is 0. The molecule has 3 aromatic rings. The van der Waals surface area contributed by atoms with Gasteiger partial charge >= 0.3 is 5.97 Å². The Morgan fingerprint density at radius 3 is 2.81 bits per heavy atom. The van der Waals surface area contributed by atoms with Crippen molar-refractivity contribution in [2.75, 3.05) is 6.61 Å². The van der Waals surface area contributed by atoms with Gasteiger partial charge in [-0.1, -0.05) is 23.0 Å². The summed E-state index contributed by atoms with van der Waals surface area (Å²) in [5, 5.41) is 1.77. The predicted octanol–water partition coefficient (Wildman–Crippen LogP) is 3.29. The highest BCUT2D eigenvalue weighted by Crippen LogP contribution is 2.22. The van der Waals surface area contributed by atoms with Gasteiger partial charge in [0, 0.05) is 10.8 Å². The van der Waals surface area contributed by atoms with E-state index in [1.165, 1.54) is 0 Å². The lowest BCUT2D eigenvalue weighted by Gasteiger charge is -2.04. The summed E-state index contributed by atoms with van der Waals surface area (Å²) in [6, 6.07) is 9.46. The molecule has 0 aliphatic rings. The van der Waals surface area contributed by atoms with Crippen molar-refractivity contribution in [3.05, 3.63) is 51.0 Å². The smallest absolute Gasteiger partial charge is 0.343 e. The van der Waals surface area contributed by atoms with Gasteiger partial charge in [-0.2, -0.15) is 0 Å². The number of nitrogens with zero attached hydrogens (tertiary/aromatic N) is 1. The molecule has 0 unspecified atom stereocenters. The third-order valence-corrected chi connectivity index (χ3v) is 4.09. The minimum atomic E-state index is -0.579. The third kappa shape index (κ3) is 2.52. The molecule has 3 rings (SSSR count). The summed E-state index contributed by atoms with van der Waals surface area (Å²) in [5.41, 5.74) is 2.05. The first kappa shape index (κ1) is 13.7. The lowest BCUT2D eigenvalue weighted by Crippen LogP contribution is -2.14. The molecule has 5 heteroatoms. The second-order valence-electron chi connectivity index (χ2n) is 4.75. The Balaban J connectivity index is 2.26. The zero-order chi connectivity index (χ0) is 15.0. The molecule has 0 N–H and O–H groups in total. The Hall–Kier alpha value is -2.27. The van der Waals surface area contributed by atoms with E-state index in [1.807, 2.05) is 31.2 Å². The fourth-order valence-corrected chi connectivity index (χ4v) is 3.00. The highest BCUT2D eigenvalue weighted by Gasteiger charge is 2.14. The molecular formula is C16H13NO3S. The minimum Gasteiger partial charge on any atom is -0.462 e. The maximum atomic E-state index is 12.0. The van der Waals surface area contributed by atoms with Crippen LogP contribution in [0.2, 0.25) is 0 Å². The van der Waals surface area contributed by atoms with E-state index < -0.39 is 5.97 Å². The van der Waals surface area contributed by atoms with Crippen LogP contribution in [0.25, 0.3) is 21.1 Å². The van der Waals surface area contributed by atoms with Crippen LogP contribution in [0.3, 0.4) is 0 Å². The number of esters is 1. The van der Waals surface area contributed by atoms with Crippen molar-refractivity contribution in [3.8, 4) is 0 Å². The van der Waals surface area contributed by atoms with Crippen molar-refractivity contribution in [2.45, 2.75) is 13.8 Å². The number of carbonyl (C=O) groups is 1. The zero-order valence-electron chi connectivity index (χ0n) is 11.7. The molecule has 21 heavy (non-hydrogen) atoms. The molecule has 4 nitrogen and oxygen atoms in total. The van der Waals surface area contributed by atoms with E-state index in [-0.39, 0.29) is 16.9 Å². The largest absolute Gasteiger partial charge is 0.462 e. The summed E-state index contributed by atoms with van der Waals surface area (Å²) >= 11 is 0.974. The number of fused-ring (bicyclic) bond motifs is 2. The van der Waals surface area contributed by atoms with Crippen LogP contribution in [0.5, 0.6) is 0 Å². The summed E-state index contributed by atoms with van der Waals surface area (Å²) in [6.45, 7) is 3.97. The van der Waals surface area contributed by atoms with E-state index >= 15 is 0 Å². The zero-order valence-corrected chi connectivity index (χ0v) is 12.5. The SMILES string of the molecule is CCOC(=O)c1cc2cc3cc(C)ccc3nc2sc1=O. The van der Waals surface area contributed by atoms with Crippen LogP contribution in [-0.4, -0.2) is 17.6 Å². The van der Waals surface area contributed by atoms with Crippen molar-refractivity contribution in [3.63, 3.8) is 0 Å². The highest BCUT2D eigenvalue weighted by molar-refractivity contribution is 7.16. The first-order valence-corrected chi connectivity index (χ1v) is 7.42. The first-order valence-electron chi connectivity index (χ1n) is 6.61. The number of rotatable bonds is 2. The van der Waals surface area contributed by atoms with Gasteiger partial charge < -0.3 is 4.74 Å². The number of aryl methyl sites for hydroxylation is 1. The number of ether oxygens (including phenoxy) is 1. The maximum absolute atomic E-state index is 12.0. The lowest BCUT2D eigenvalue weighted by atomic mass is 10.1. The number of carbonyl (C=O) groups excluding carboxylic acids is 1. The predicted molar refractivity (Wildman–Crippen MR) is 84.1 cm³/mol. The van der Waals surface area contributed by atoms with Gasteiger partial charge in [0.1, 0.15) is 10.4 Å². The first-order chi connectivity index (χ1) is 10.1. The molecule has 0 bridgehead atoms. The van der Waals surface area contributed by atoms with Gasteiger partial charge in [-0.3, -0.25) is 4.79 Å². The quantitative estimate of drug-likeness (QED) is 0.538. The van der Waals surface area contributed by atoms with Gasteiger partial charge in [0.2, 0.25) is 4.74 Å². The standard InChI is InChI=1S/C16H13NO3S/c1-3-20-15(18)12-8-11-7-10-6-9(2)4-5-13(10)17-14(11)21-16(12)19/h4-8H,3H2,1-2H3. The number of aromatic nitrogens is 1. The molecule has 2 aromatic heterocycles. The normalized spacial score (nSPS) is 11.0. The fraction of sp³-hybridized carbons (Fsp3) is 0.188. The molecule has 0 saturated carbocycles. The summed E-state index contributed by atoms with van der Waals surface area (Å²) in [5.74, 6) is -0.579. The maximum Gasteiger partial charge on any atom is 0.343 e. The molecule has 2 heterocycles. The summed E-state index contributed by atoms with van der Waals surface area (Å²) < 4.78 is 4.59. The molecule has 0 aliphatic heterocycles. The molecule has 0 saturated heterocycles. The average molecular weight is 299 g/mol. The summed E-state index contributed by atoms with van der Waals surface area (Å²) in [4.78, 5) is 28.9. The Bertz CT molecular complexity index is 914. The Kier molecular flexibility index (Phi) is 3.43. The Morgan fingerprint density at radius 2 is 2.05 bits per heavy atom. The van der Waals surface area contributed by atoms with Crippen molar-refractivity contribution >= 4 is 38.4 Å². The van der Waals surface area contributed by atoms with Gasteiger partial charge in [-0.25, -0.2) is 9.78 Å². The lowest BCUT2D eigenvalue weighted by molar-refractivity contribution is 0.0525. The van der Waals surface area contributed by atoms with Crippen LogP contribution in [-0.2, 0) is 4.74 Å². The monoisotopic (exact) mass is 299 g/mol. The molecular weight excluding hydrogens is 286 g/mol. The van der Waals surface area contributed by atoms with Gasteiger partial charge in [0.25, 0.3) is 0 Å². The van der Waals surface area contributed by atoms with E-state index in [2.05, 4.69) is 4.98 Å². The summed E-state index contributed by atoms with van der Waals surface area (Å²) in [6.07, 6.45) is 0. The van der Waals surface area contributed by atoms with Gasteiger partial charge in [0.15, 0.2) is 0 Å². The molecule has 0 aliphatic carbocycles. The molecule has 0 spiro atoms. The van der Waals surface area contributed by atoms with E-state index in [1.54, 1.807) is 13.0 Å². The highest BCUT2D eigenvalue weighted by atomic mass is 32.1. The number of benzene rings is 1. The minimum absolute atomic E-state index is 0.0724. The second kappa shape index (κ2) is 5.26. The van der Waals surface area contributed by atoms with Crippen molar-refractivity contribution < 1.29 is 9.53 Å². The Morgan fingerprint density at radius 1 is 1.24 bits per heavy atom. The van der Waals surface area contributed by atoms with Crippen molar-refractivity contribution in [1.29, 1.82) is 0 Å². The van der Waals surface area contributed by atoms with Gasteiger partial charge in [-0.15, -0.1) is 0 Å². The molecule has 106 valence electrons. The topological polar surface area (TPSA) is 56.3 Å². The van der Waals surface area contributed by atoms with E-state index in [0.29, 0.717) is 4.83 Å². The van der Waals surface area contributed by atoms with Gasteiger partial charge in [0.05, 0.1) is 12.1 Å². The fourth-order valence-electron chi connectivity index (χ4n) is 2.19. The van der Waals surface area contributed by atoms with Gasteiger partial charge in [-0.05, 0) is 38.1 Å². The number of hydrogen-bond acceptors (Lipinski definition) is 5. The average Bonchev–Trinajstić information content (AvgIpc) is 2.45. The van der Waals surface area contributed by atoms with Crippen LogP contribution in [0, 0.1) is 6.92 Å². The molecule has 1 aromatic carbocycles. The molecule has 0 atom stereocenters. The number of hydrogen-bond donors (Lipinski definition) is 0. The Labute approximate surface area is 125 Å². The second-order valence-corrected chi connectivity index (χ2v) is 5.71. The number of pyridine rings is 1. The third-order valence-electron chi connectivity index (χ3n) is 3.17. The van der Waals surface area contributed by atoms with E-state index in [4.69, 9.17) is 4.74 Å². The molecule has 0 amide bonds.